The standard InChI is InChI=1S/C12H5ClF6N4S/c13-8-4-24-10-21-20-9(23(10)22-8)5-1-6(11(14,15)16)3-7(2-5)12(17,18)19/h1-3H,4H2. The maximum Gasteiger partial charge on any atom is 0.416 e. The van der Waals surface area contributed by atoms with Gasteiger partial charge in [0.05, 0.1) is 16.9 Å². The van der Waals surface area contributed by atoms with E-state index in [0.29, 0.717) is 12.1 Å². The molecule has 0 saturated heterocycles. The quantitative estimate of drug-likeness (QED) is 0.678. The lowest BCUT2D eigenvalue weighted by Crippen LogP contribution is -2.12. The largest absolute Gasteiger partial charge is 0.416 e. The van der Waals surface area contributed by atoms with E-state index in [1.54, 1.807) is 0 Å². The second-order valence-corrected chi connectivity index (χ2v) is 6.06. The van der Waals surface area contributed by atoms with Crippen LogP contribution in [0.25, 0.3) is 11.4 Å². The number of nitrogens with zero attached hydrogens (tertiary/aromatic N) is 4. The molecule has 0 bridgehead atoms. The van der Waals surface area contributed by atoms with Gasteiger partial charge in [-0.1, -0.05) is 23.4 Å². The van der Waals surface area contributed by atoms with Crippen LogP contribution in [0.4, 0.5) is 26.3 Å². The molecular weight excluding hydrogens is 382 g/mol. The Bertz CT molecular complexity index is 794. The molecule has 1 aromatic carbocycles. The highest BCUT2D eigenvalue weighted by Crippen LogP contribution is 2.39. The minimum atomic E-state index is -4.95. The van der Waals surface area contributed by atoms with Gasteiger partial charge < -0.3 is 0 Å². The van der Waals surface area contributed by atoms with E-state index in [4.69, 9.17) is 11.6 Å². The highest BCUT2D eigenvalue weighted by atomic mass is 35.5. The molecule has 2 heterocycles. The molecule has 12 heteroatoms. The Labute approximate surface area is 139 Å². The molecule has 0 unspecified atom stereocenters. The van der Waals surface area contributed by atoms with Crippen molar-refractivity contribution in [3.8, 4) is 11.4 Å². The predicted molar refractivity (Wildman–Crippen MR) is 74.9 cm³/mol. The van der Waals surface area contributed by atoms with E-state index in [1.165, 1.54) is 0 Å². The predicted octanol–water partition coefficient (Wildman–Crippen LogP) is 4.49. The normalized spacial score (nSPS) is 15.2. The zero-order chi connectivity index (χ0) is 17.7. The van der Waals surface area contributed by atoms with Crippen LogP contribution in [0.3, 0.4) is 0 Å². The van der Waals surface area contributed by atoms with Gasteiger partial charge in [-0.2, -0.15) is 36.1 Å². The van der Waals surface area contributed by atoms with Crippen molar-refractivity contribution in [1.29, 1.82) is 0 Å². The van der Waals surface area contributed by atoms with Crippen molar-refractivity contribution >= 4 is 28.5 Å². The first-order chi connectivity index (χ1) is 11.1. The van der Waals surface area contributed by atoms with Crippen molar-refractivity contribution < 1.29 is 26.3 Å². The Kier molecular flexibility index (Phi) is 4.03. The number of rotatable bonds is 1. The van der Waals surface area contributed by atoms with E-state index in [1.807, 2.05) is 0 Å². The van der Waals surface area contributed by atoms with Crippen LogP contribution in [0.1, 0.15) is 11.1 Å². The Morgan fingerprint density at radius 3 is 2.08 bits per heavy atom. The molecule has 0 fully saturated rings. The van der Waals surface area contributed by atoms with Crippen LogP contribution >= 0.6 is 23.4 Å². The Balaban J connectivity index is 2.21. The van der Waals surface area contributed by atoms with Gasteiger partial charge in [-0.3, -0.25) is 0 Å². The van der Waals surface area contributed by atoms with Crippen LogP contribution in [0.15, 0.2) is 28.5 Å². The summed E-state index contributed by atoms with van der Waals surface area (Å²) in [5.41, 5.74) is -3.29. The van der Waals surface area contributed by atoms with Gasteiger partial charge in [-0.05, 0) is 18.2 Å². The lowest BCUT2D eigenvalue weighted by molar-refractivity contribution is -0.143. The summed E-state index contributed by atoms with van der Waals surface area (Å²) in [6, 6.07) is 1.17. The molecule has 0 saturated carbocycles. The van der Waals surface area contributed by atoms with E-state index in [-0.39, 0.29) is 28.0 Å². The van der Waals surface area contributed by atoms with Crippen molar-refractivity contribution in [3.63, 3.8) is 0 Å². The van der Waals surface area contributed by atoms with Gasteiger partial charge in [0.2, 0.25) is 5.16 Å². The number of benzene rings is 1. The molecule has 0 aliphatic carbocycles. The summed E-state index contributed by atoms with van der Waals surface area (Å²) >= 11 is 6.88. The zero-order valence-corrected chi connectivity index (χ0v) is 12.9. The molecule has 0 N–H and O–H groups in total. The van der Waals surface area contributed by atoms with Crippen LogP contribution in [0, 0.1) is 0 Å². The summed E-state index contributed by atoms with van der Waals surface area (Å²) in [5, 5.41) is 11.5. The summed E-state index contributed by atoms with van der Waals surface area (Å²) < 4.78 is 78.5. The highest BCUT2D eigenvalue weighted by Gasteiger charge is 2.37. The van der Waals surface area contributed by atoms with E-state index in [9.17, 15) is 26.3 Å². The topological polar surface area (TPSA) is 43.1 Å². The minimum Gasteiger partial charge on any atom is -0.186 e. The third-order valence-electron chi connectivity index (χ3n) is 2.99. The monoisotopic (exact) mass is 386 g/mol. The van der Waals surface area contributed by atoms with Crippen molar-refractivity contribution in [2.75, 3.05) is 5.75 Å². The highest BCUT2D eigenvalue weighted by molar-refractivity contribution is 8.00. The summed E-state index contributed by atoms with van der Waals surface area (Å²) in [4.78, 5) is 0. The molecule has 0 spiro atoms. The van der Waals surface area contributed by atoms with Crippen molar-refractivity contribution in [3.05, 3.63) is 29.3 Å². The fraction of sp³-hybridized carbons (Fsp3) is 0.250. The smallest absolute Gasteiger partial charge is 0.186 e. The minimum absolute atomic E-state index is 0.0436. The van der Waals surface area contributed by atoms with Crippen LogP contribution < -0.4 is 0 Å². The van der Waals surface area contributed by atoms with Crippen LogP contribution in [0.5, 0.6) is 0 Å². The summed E-state index contributed by atoms with van der Waals surface area (Å²) in [6.45, 7) is 0. The molecule has 1 aromatic heterocycles. The Hall–Kier alpha value is -1.75. The molecule has 4 nitrogen and oxygen atoms in total. The Morgan fingerprint density at radius 1 is 0.958 bits per heavy atom. The van der Waals surface area contributed by atoms with Gasteiger partial charge in [0, 0.05) is 5.56 Å². The van der Waals surface area contributed by atoms with Gasteiger partial charge in [-0.25, -0.2) is 0 Å². The maximum absolute atomic E-state index is 12.9. The average molecular weight is 387 g/mol. The van der Waals surface area contributed by atoms with Gasteiger partial charge in [0.25, 0.3) is 0 Å². The number of halogens is 7. The van der Waals surface area contributed by atoms with E-state index < -0.39 is 29.0 Å². The number of hydrogen-bond donors (Lipinski definition) is 0. The van der Waals surface area contributed by atoms with Crippen molar-refractivity contribution in [1.82, 2.24) is 14.9 Å². The van der Waals surface area contributed by atoms with Gasteiger partial charge in [0.1, 0.15) is 5.17 Å². The van der Waals surface area contributed by atoms with Crippen LogP contribution in [-0.4, -0.2) is 25.8 Å². The molecule has 0 radical (unpaired) electrons. The molecule has 0 atom stereocenters. The van der Waals surface area contributed by atoms with Gasteiger partial charge >= 0.3 is 12.4 Å². The molecule has 24 heavy (non-hydrogen) atoms. The Morgan fingerprint density at radius 2 is 1.54 bits per heavy atom. The lowest BCUT2D eigenvalue weighted by Gasteiger charge is -2.14. The molecule has 128 valence electrons. The van der Waals surface area contributed by atoms with Crippen LogP contribution in [0.2, 0.25) is 0 Å². The SMILES string of the molecule is FC(F)(F)c1cc(-c2nnc3n2N=C(Cl)CS3)cc(C(F)(F)F)c1. The summed E-state index contributed by atoms with van der Waals surface area (Å²) in [7, 11) is 0. The van der Waals surface area contributed by atoms with Gasteiger partial charge in [0.15, 0.2) is 5.82 Å². The lowest BCUT2D eigenvalue weighted by atomic mass is 10.0. The van der Waals surface area contributed by atoms with Crippen molar-refractivity contribution in [2.45, 2.75) is 17.5 Å². The maximum atomic E-state index is 12.9. The molecule has 3 rings (SSSR count). The fourth-order valence-corrected chi connectivity index (χ4v) is 2.86. The van der Waals surface area contributed by atoms with Crippen molar-refractivity contribution in [2.24, 2.45) is 5.10 Å². The third-order valence-corrected chi connectivity index (χ3v) is 4.29. The number of thioether (sulfide) groups is 1. The first-order valence-electron chi connectivity index (χ1n) is 6.17. The second-order valence-electron chi connectivity index (χ2n) is 4.68. The summed E-state index contributed by atoms with van der Waals surface area (Å²) in [6.07, 6.45) is -9.90. The molecule has 2 aromatic rings. The first-order valence-corrected chi connectivity index (χ1v) is 7.53. The number of alkyl halides is 6. The summed E-state index contributed by atoms with van der Waals surface area (Å²) in [5.74, 6) is 0.0303. The number of hydrogen-bond acceptors (Lipinski definition) is 4. The fourth-order valence-electron chi connectivity index (χ4n) is 1.97. The first kappa shape index (κ1) is 17.1. The van der Waals surface area contributed by atoms with E-state index in [0.717, 1.165) is 16.4 Å². The molecule has 1 aliphatic heterocycles. The zero-order valence-electron chi connectivity index (χ0n) is 11.3. The average Bonchev–Trinajstić information content (AvgIpc) is 2.88. The molecular formula is C12H5ClF6N4S. The second kappa shape index (κ2) is 5.66. The number of fused-ring (bicyclic) bond motifs is 1. The van der Waals surface area contributed by atoms with Gasteiger partial charge in [-0.15, -0.1) is 10.2 Å². The third kappa shape index (κ3) is 3.22. The van der Waals surface area contributed by atoms with E-state index >= 15 is 0 Å². The van der Waals surface area contributed by atoms with Crippen LogP contribution in [-0.2, 0) is 12.4 Å². The molecule has 0 amide bonds. The van der Waals surface area contributed by atoms with E-state index in [2.05, 4.69) is 15.3 Å². The molecule has 1 aliphatic rings. The number of aromatic nitrogens is 3.